The number of nitrogens with two attached hydrogens (primary N) is 2. The van der Waals surface area contributed by atoms with E-state index in [9.17, 15) is 0 Å². The molecule has 27 heavy (non-hydrogen) atoms. The highest BCUT2D eigenvalue weighted by Gasteiger charge is 2.12. The van der Waals surface area contributed by atoms with Crippen LogP contribution >= 0.6 is 49.6 Å². The van der Waals surface area contributed by atoms with Gasteiger partial charge < -0.3 is 31.0 Å². The second kappa shape index (κ2) is 20.4. The van der Waals surface area contributed by atoms with Crippen molar-refractivity contribution in [3.8, 4) is 17.2 Å². The Labute approximate surface area is 188 Å². The molecule has 1 unspecified atom stereocenters. The van der Waals surface area contributed by atoms with Gasteiger partial charge in [0.1, 0.15) is 0 Å². The zero-order valence-electron chi connectivity index (χ0n) is 16.2. The SMILES string of the molecule is COc1cc(CNCCCC(N)CCCN)cc(OC)c1OC.Cl.Cl.Cl.Cl. The van der Waals surface area contributed by atoms with Gasteiger partial charge in [0.25, 0.3) is 0 Å². The summed E-state index contributed by atoms with van der Waals surface area (Å²) in [6, 6.07) is 4.17. The van der Waals surface area contributed by atoms with Crippen LogP contribution in [-0.2, 0) is 6.54 Å². The van der Waals surface area contributed by atoms with Gasteiger partial charge in [-0.3, -0.25) is 0 Å². The fraction of sp³-hybridized carbons (Fsp3) is 0.647. The first-order chi connectivity index (χ1) is 11.2. The molecule has 10 heteroatoms. The maximum absolute atomic E-state index is 6.03. The lowest BCUT2D eigenvalue weighted by molar-refractivity contribution is 0.323. The smallest absolute Gasteiger partial charge is 0.203 e. The predicted molar refractivity (Wildman–Crippen MR) is 122 cm³/mol. The largest absolute Gasteiger partial charge is 0.493 e. The highest BCUT2D eigenvalue weighted by molar-refractivity contribution is 5.86. The van der Waals surface area contributed by atoms with Crippen molar-refractivity contribution in [3.05, 3.63) is 17.7 Å². The van der Waals surface area contributed by atoms with Crippen molar-refractivity contribution in [2.75, 3.05) is 34.4 Å². The van der Waals surface area contributed by atoms with E-state index in [-0.39, 0.29) is 55.7 Å². The summed E-state index contributed by atoms with van der Waals surface area (Å²) in [5, 5.41) is 3.42. The van der Waals surface area contributed by atoms with Crippen LogP contribution in [0.3, 0.4) is 0 Å². The van der Waals surface area contributed by atoms with E-state index in [1.54, 1.807) is 21.3 Å². The summed E-state index contributed by atoms with van der Waals surface area (Å²) in [6.07, 6.45) is 4.07. The molecule has 0 fully saturated rings. The quantitative estimate of drug-likeness (QED) is 0.405. The van der Waals surface area contributed by atoms with Gasteiger partial charge in [-0.05, 0) is 56.5 Å². The zero-order valence-corrected chi connectivity index (χ0v) is 19.5. The normalized spacial score (nSPS) is 10.3. The molecule has 0 bridgehead atoms. The third kappa shape index (κ3) is 12.7. The third-order valence-corrected chi connectivity index (χ3v) is 3.76. The number of methoxy groups -OCH3 is 3. The van der Waals surface area contributed by atoms with Crippen LogP contribution in [0.4, 0.5) is 0 Å². The van der Waals surface area contributed by atoms with Crippen molar-refractivity contribution < 1.29 is 14.2 Å². The molecular formula is C17H35Cl4N3O3. The molecule has 6 nitrogen and oxygen atoms in total. The molecule has 1 rings (SSSR count). The van der Waals surface area contributed by atoms with Crippen LogP contribution in [0, 0.1) is 0 Å². The van der Waals surface area contributed by atoms with E-state index in [1.165, 1.54) is 0 Å². The van der Waals surface area contributed by atoms with Crippen LogP contribution in [0.1, 0.15) is 31.2 Å². The van der Waals surface area contributed by atoms with Crippen LogP contribution in [0.5, 0.6) is 17.2 Å². The monoisotopic (exact) mass is 469 g/mol. The van der Waals surface area contributed by atoms with Crippen molar-refractivity contribution in [2.45, 2.75) is 38.3 Å². The van der Waals surface area contributed by atoms with Crippen molar-refractivity contribution in [2.24, 2.45) is 11.5 Å². The third-order valence-electron chi connectivity index (χ3n) is 3.76. The highest BCUT2D eigenvalue weighted by atomic mass is 35.5. The van der Waals surface area contributed by atoms with Crippen LogP contribution in [0.15, 0.2) is 12.1 Å². The molecule has 0 radical (unpaired) electrons. The molecule has 0 aliphatic heterocycles. The van der Waals surface area contributed by atoms with Crippen LogP contribution in [0.25, 0.3) is 0 Å². The summed E-state index contributed by atoms with van der Waals surface area (Å²) in [4.78, 5) is 0. The molecule has 0 heterocycles. The molecule has 0 aliphatic rings. The lowest BCUT2D eigenvalue weighted by Gasteiger charge is -2.15. The van der Waals surface area contributed by atoms with Crippen molar-refractivity contribution in [1.29, 1.82) is 0 Å². The van der Waals surface area contributed by atoms with E-state index in [0.717, 1.165) is 44.3 Å². The molecule has 0 aliphatic carbocycles. The number of halogens is 4. The highest BCUT2D eigenvalue weighted by Crippen LogP contribution is 2.38. The summed E-state index contributed by atoms with van der Waals surface area (Å²) in [6.45, 7) is 2.38. The Balaban J connectivity index is -0.000000661. The van der Waals surface area contributed by atoms with E-state index < -0.39 is 0 Å². The second-order valence-electron chi connectivity index (χ2n) is 5.54. The number of rotatable bonds is 12. The summed E-state index contributed by atoms with van der Waals surface area (Å²) in [5.74, 6) is 1.96. The minimum Gasteiger partial charge on any atom is -0.493 e. The standard InChI is InChI=1S/C17H31N3O3.4ClH/c1-21-15-10-13(11-16(22-2)17(15)23-3)12-20-9-5-7-14(19)6-4-8-18;;;;/h10-11,14,20H,4-9,12,18-19H2,1-3H3;4*1H. The number of hydrogen-bond acceptors (Lipinski definition) is 6. The van der Waals surface area contributed by atoms with Crippen molar-refractivity contribution in [3.63, 3.8) is 0 Å². The van der Waals surface area contributed by atoms with Gasteiger partial charge in [-0.2, -0.15) is 0 Å². The lowest BCUT2D eigenvalue weighted by Crippen LogP contribution is -2.23. The number of hydrogen-bond donors (Lipinski definition) is 3. The van der Waals surface area contributed by atoms with Gasteiger partial charge in [0.2, 0.25) is 5.75 Å². The average Bonchev–Trinajstić information content (AvgIpc) is 2.58. The number of nitrogens with one attached hydrogen (secondary N) is 1. The summed E-state index contributed by atoms with van der Waals surface area (Å²) >= 11 is 0. The Morgan fingerprint density at radius 2 is 1.41 bits per heavy atom. The molecule has 164 valence electrons. The van der Waals surface area contributed by atoms with E-state index >= 15 is 0 Å². The Hall–Kier alpha value is -0.340. The number of ether oxygens (including phenoxy) is 3. The first-order valence-electron chi connectivity index (χ1n) is 8.11. The summed E-state index contributed by atoms with van der Waals surface area (Å²) in [7, 11) is 4.85. The molecule has 0 aromatic heterocycles. The van der Waals surface area contributed by atoms with Gasteiger partial charge >= 0.3 is 0 Å². The molecule has 0 saturated carbocycles. The first-order valence-corrected chi connectivity index (χ1v) is 8.11. The van der Waals surface area contributed by atoms with E-state index in [1.807, 2.05) is 12.1 Å². The predicted octanol–water partition coefficient (Wildman–Crippen LogP) is 3.34. The molecule has 1 aromatic carbocycles. The number of benzene rings is 1. The Morgan fingerprint density at radius 1 is 0.889 bits per heavy atom. The molecule has 1 aromatic rings. The van der Waals surface area contributed by atoms with E-state index in [0.29, 0.717) is 23.8 Å². The van der Waals surface area contributed by atoms with E-state index in [2.05, 4.69) is 5.32 Å². The van der Waals surface area contributed by atoms with Gasteiger partial charge in [-0.25, -0.2) is 0 Å². The molecule has 0 amide bonds. The van der Waals surface area contributed by atoms with Crippen LogP contribution in [0.2, 0.25) is 0 Å². The topological polar surface area (TPSA) is 91.8 Å². The minimum atomic E-state index is 0. The fourth-order valence-corrected chi connectivity index (χ4v) is 2.48. The van der Waals surface area contributed by atoms with Gasteiger partial charge in [-0.15, -0.1) is 49.6 Å². The van der Waals surface area contributed by atoms with E-state index in [4.69, 9.17) is 25.7 Å². The van der Waals surface area contributed by atoms with Crippen molar-refractivity contribution in [1.82, 2.24) is 5.32 Å². The average molecular weight is 471 g/mol. The van der Waals surface area contributed by atoms with Gasteiger partial charge in [-0.1, -0.05) is 0 Å². The molecule has 1 atom stereocenters. The fourth-order valence-electron chi connectivity index (χ4n) is 2.48. The Morgan fingerprint density at radius 3 is 1.85 bits per heavy atom. The first kappa shape index (κ1) is 34.2. The van der Waals surface area contributed by atoms with Crippen LogP contribution in [-0.4, -0.2) is 40.5 Å². The Bertz CT molecular complexity index is 446. The molecule has 5 N–H and O–H groups in total. The maximum atomic E-state index is 6.03. The van der Waals surface area contributed by atoms with Crippen molar-refractivity contribution >= 4 is 49.6 Å². The van der Waals surface area contributed by atoms with Crippen LogP contribution < -0.4 is 31.0 Å². The second-order valence-corrected chi connectivity index (χ2v) is 5.54. The maximum Gasteiger partial charge on any atom is 0.203 e. The minimum absolute atomic E-state index is 0. The lowest BCUT2D eigenvalue weighted by atomic mass is 10.1. The van der Waals surface area contributed by atoms with Gasteiger partial charge in [0, 0.05) is 12.6 Å². The summed E-state index contributed by atoms with van der Waals surface area (Å²) in [5.41, 5.74) is 12.6. The van der Waals surface area contributed by atoms with Gasteiger partial charge in [0.15, 0.2) is 11.5 Å². The molecule has 0 saturated heterocycles. The summed E-state index contributed by atoms with van der Waals surface area (Å²) < 4.78 is 16.0. The molecular weight excluding hydrogens is 436 g/mol. The molecule has 0 spiro atoms. The van der Waals surface area contributed by atoms with Gasteiger partial charge in [0.05, 0.1) is 21.3 Å². The zero-order chi connectivity index (χ0) is 17.1. The Kier molecular flexibility index (Phi) is 25.8.